The van der Waals surface area contributed by atoms with E-state index in [2.05, 4.69) is 21.2 Å². The minimum atomic E-state index is -0.512. The van der Waals surface area contributed by atoms with Crippen LogP contribution in [-0.2, 0) is 16.1 Å². The van der Waals surface area contributed by atoms with E-state index in [1.54, 1.807) is 0 Å². The number of carbonyl (C=O) groups is 2. The summed E-state index contributed by atoms with van der Waals surface area (Å²) in [4.78, 5) is 24.9. The molecule has 0 spiro atoms. The molecule has 0 unspecified atom stereocenters. The molecule has 126 valence electrons. The van der Waals surface area contributed by atoms with Crippen molar-refractivity contribution in [3.8, 4) is 0 Å². The molecule has 2 aromatic carbocycles. The number of rotatable bonds is 8. The standard InChI is InChI=1S/C18H19BrN2O3/c19-17(22)13-21(12-11-20-16-9-5-2-6-10-16)18(23)24-14-15-7-3-1-4-8-15/h1-10,20H,11-14H2. The van der Waals surface area contributed by atoms with E-state index in [0.29, 0.717) is 13.1 Å². The number of anilines is 1. The summed E-state index contributed by atoms with van der Waals surface area (Å²) >= 11 is 2.87. The smallest absolute Gasteiger partial charge is 0.410 e. The molecule has 0 fully saturated rings. The van der Waals surface area contributed by atoms with Gasteiger partial charge in [-0.3, -0.25) is 9.69 Å². The van der Waals surface area contributed by atoms with E-state index >= 15 is 0 Å². The second-order valence-electron chi connectivity index (χ2n) is 5.11. The Labute approximate surface area is 149 Å². The molecule has 0 bridgehead atoms. The van der Waals surface area contributed by atoms with Crippen LogP contribution in [0.3, 0.4) is 0 Å². The Morgan fingerprint density at radius 3 is 2.25 bits per heavy atom. The first-order valence-electron chi connectivity index (χ1n) is 7.58. The molecule has 2 aromatic rings. The average molecular weight is 391 g/mol. The normalized spacial score (nSPS) is 10.0. The van der Waals surface area contributed by atoms with Gasteiger partial charge in [0.1, 0.15) is 6.61 Å². The molecule has 0 atom stereocenters. The monoisotopic (exact) mass is 390 g/mol. The minimum Gasteiger partial charge on any atom is -0.445 e. The summed E-state index contributed by atoms with van der Waals surface area (Å²) < 4.78 is 5.02. The summed E-state index contributed by atoms with van der Waals surface area (Å²) in [5, 5.41) is 3.20. The third kappa shape index (κ3) is 6.42. The predicted molar refractivity (Wildman–Crippen MR) is 97.1 cm³/mol. The zero-order chi connectivity index (χ0) is 17.2. The average Bonchev–Trinajstić information content (AvgIpc) is 2.60. The second kappa shape index (κ2) is 9.72. The predicted octanol–water partition coefficient (Wildman–Crippen LogP) is 3.66. The van der Waals surface area contributed by atoms with Gasteiger partial charge in [0.2, 0.25) is 4.69 Å². The fraction of sp³-hybridized carbons (Fsp3) is 0.222. The maximum absolute atomic E-state index is 12.2. The van der Waals surface area contributed by atoms with Crippen LogP contribution in [0.5, 0.6) is 0 Å². The fourth-order valence-corrected chi connectivity index (χ4v) is 2.39. The summed E-state index contributed by atoms with van der Waals surface area (Å²) in [7, 11) is 0. The Hall–Kier alpha value is -2.34. The van der Waals surface area contributed by atoms with E-state index in [1.165, 1.54) is 4.90 Å². The lowest BCUT2D eigenvalue weighted by Crippen LogP contribution is -2.38. The molecule has 0 aliphatic carbocycles. The van der Waals surface area contributed by atoms with Gasteiger partial charge in [0.15, 0.2) is 0 Å². The van der Waals surface area contributed by atoms with Crippen LogP contribution in [0.25, 0.3) is 0 Å². The Morgan fingerprint density at radius 1 is 1.00 bits per heavy atom. The first-order chi connectivity index (χ1) is 11.6. The number of para-hydroxylation sites is 1. The number of hydrogen-bond acceptors (Lipinski definition) is 4. The number of nitrogens with zero attached hydrogens (tertiary/aromatic N) is 1. The molecule has 24 heavy (non-hydrogen) atoms. The Balaban J connectivity index is 1.84. The van der Waals surface area contributed by atoms with Gasteiger partial charge in [0.25, 0.3) is 0 Å². The number of benzene rings is 2. The second-order valence-corrected chi connectivity index (χ2v) is 5.99. The van der Waals surface area contributed by atoms with Gasteiger partial charge in [-0.25, -0.2) is 4.79 Å². The highest BCUT2D eigenvalue weighted by Crippen LogP contribution is 2.06. The third-order valence-electron chi connectivity index (χ3n) is 3.26. The van der Waals surface area contributed by atoms with Crippen molar-refractivity contribution >= 4 is 32.4 Å². The van der Waals surface area contributed by atoms with Crippen molar-refractivity contribution in [3.63, 3.8) is 0 Å². The number of amides is 1. The van der Waals surface area contributed by atoms with Gasteiger partial charge in [-0.05, 0) is 33.6 Å². The molecule has 0 aliphatic rings. The van der Waals surface area contributed by atoms with E-state index in [9.17, 15) is 9.59 Å². The molecule has 2 rings (SSSR count). The van der Waals surface area contributed by atoms with Crippen LogP contribution < -0.4 is 5.32 Å². The van der Waals surface area contributed by atoms with Gasteiger partial charge < -0.3 is 10.1 Å². The van der Waals surface area contributed by atoms with Crippen LogP contribution in [0, 0.1) is 0 Å². The van der Waals surface area contributed by atoms with Gasteiger partial charge >= 0.3 is 6.09 Å². The SMILES string of the molecule is O=C(Br)CN(CCNc1ccccc1)C(=O)OCc1ccccc1. The summed E-state index contributed by atoms with van der Waals surface area (Å²) in [6, 6.07) is 19.1. The highest BCUT2D eigenvalue weighted by atomic mass is 79.9. The molecule has 0 heterocycles. The maximum Gasteiger partial charge on any atom is 0.410 e. The topological polar surface area (TPSA) is 58.6 Å². The zero-order valence-electron chi connectivity index (χ0n) is 13.2. The molecule has 0 saturated heterocycles. The van der Waals surface area contributed by atoms with Crippen molar-refractivity contribution in [3.05, 3.63) is 66.2 Å². The quantitative estimate of drug-likeness (QED) is 0.698. The molecule has 5 nitrogen and oxygen atoms in total. The number of hydrogen-bond donors (Lipinski definition) is 1. The summed E-state index contributed by atoms with van der Waals surface area (Å²) in [6.45, 7) is 1.02. The number of nitrogens with one attached hydrogen (secondary N) is 1. The lowest BCUT2D eigenvalue weighted by molar-refractivity contribution is -0.111. The van der Waals surface area contributed by atoms with Gasteiger partial charge in [0.05, 0.1) is 6.54 Å². The molecule has 1 amide bonds. The summed E-state index contributed by atoms with van der Waals surface area (Å²) in [5.74, 6) is 0. The van der Waals surface area contributed by atoms with Crippen molar-refractivity contribution in [1.29, 1.82) is 0 Å². The fourth-order valence-electron chi connectivity index (χ4n) is 2.09. The van der Waals surface area contributed by atoms with E-state index in [0.717, 1.165) is 11.3 Å². The molecule has 0 aliphatic heterocycles. The number of halogens is 1. The highest BCUT2D eigenvalue weighted by Gasteiger charge is 2.17. The van der Waals surface area contributed by atoms with Gasteiger partial charge in [-0.1, -0.05) is 48.5 Å². The first kappa shape index (κ1) is 18.0. The largest absolute Gasteiger partial charge is 0.445 e. The van der Waals surface area contributed by atoms with E-state index in [-0.39, 0.29) is 17.8 Å². The van der Waals surface area contributed by atoms with Crippen LogP contribution in [-0.4, -0.2) is 35.3 Å². The molecule has 0 radical (unpaired) electrons. The Kier molecular flexibility index (Phi) is 7.29. The van der Waals surface area contributed by atoms with Gasteiger partial charge in [0, 0.05) is 18.8 Å². The van der Waals surface area contributed by atoms with E-state index in [1.807, 2.05) is 60.7 Å². The molecular weight excluding hydrogens is 372 g/mol. The lowest BCUT2D eigenvalue weighted by atomic mass is 10.2. The van der Waals surface area contributed by atoms with E-state index in [4.69, 9.17) is 4.74 Å². The molecular formula is C18H19BrN2O3. The lowest BCUT2D eigenvalue weighted by Gasteiger charge is -2.21. The first-order valence-corrected chi connectivity index (χ1v) is 8.37. The van der Waals surface area contributed by atoms with E-state index < -0.39 is 6.09 Å². The molecule has 0 saturated carbocycles. The Morgan fingerprint density at radius 2 is 1.62 bits per heavy atom. The van der Waals surface area contributed by atoms with Crippen molar-refractivity contribution < 1.29 is 14.3 Å². The molecule has 1 N–H and O–H groups in total. The van der Waals surface area contributed by atoms with Crippen LogP contribution in [0.4, 0.5) is 10.5 Å². The van der Waals surface area contributed by atoms with Gasteiger partial charge in [-0.15, -0.1) is 0 Å². The summed E-state index contributed by atoms with van der Waals surface area (Å²) in [5.41, 5.74) is 1.86. The highest BCUT2D eigenvalue weighted by molar-refractivity contribution is 9.18. The van der Waals surface area contributed by atoms with Crippen LogP contribution >= 0.6 is 15.9 Å². The van der Waals surface area contributed by atoms with Crippen molar-refractivity contribution in [2.45, 2.75) is 6.61 Å². The van der Waals surface area contributed by atoms with Crippen LogP contribution in [0.2, 0.25) is 0 Å². The minimum absolute atomic E-state index is 0.0376. The maximum atomic E-state index is 12.2. The Bertz CT molecular complexity index is 650. The number of carbonyl (C=O) groups excluding carboxylic acids is 2. The molecule has 6 heteroatoms. The zero-order valence-corrected chi connectivity index (χ0v) is 14.7. The van der Waals surface area contributed by atoms with Crippen LogP contribution in [0.1, 0.15) is 5.56 Å². The molecule has 0 aromatic heterocycles. The number of ether oxygens (including phenoxy) is 1. The summed E-state index contributed by atoms with van der Waals surface area (Å²) in [6.07, 6.45) is -0.512. The van der Waals surface area contributed by atoms with Crippen molar-refractivity contribution in [2.24, 2.45) is 0 Å². The van der Waals surface area contributed by atoms with Gasteiger partial charge in [-0.2, -0.15) is 0 Å². The third-order valence-corrected chi connectivity index (χ3v) is 3.51. The van der Waals surface area contributed by atoms with Crippen molar-refractivity contribution in [1.82, 2.24) is 4.90 Å². The van der Waals surface area contributed by atoms with Crippen molar-refractivity contribution in [2.75, 3.05) is 25.0 Å². The van der Waals surface area contributed by atoms with Crippen LogP contribution in [0.15, 0.2) is 60.7 Å².